The van der Waals surface area contributed by atoms with Gasteiger partial charge >= 0.3 is 5.69 Å². The van der Waals surface area contributed by atoms with E-state index in [1.54, 1.807) is 15.5 Å². The first-order valence-electron chi connectivity index (χ1n) is 11.5. The molecule has 0 spiro atoms. The van der Waals surface area contributed by atoms with Gasteiger partial charge in [0.2, 0.25) is 5.78 Å². The Kier molecular flexibility index (Phi) is 4.89. The molecule has 0 atom stereocenters. The van der Waals surface area contributed by atoms with Crippen LogP contribution in [0.1, 0.15) is 35.2 Å². The fourth-order valence-corrected chi connectivity index (χ4v) is 4.92. The van der Waals surface area contributed by atoms with Gasteiger partial charge in [0.1, 0.15) is 18.1 Å². The van der Waals surface area contributed by atoms with Gasteiger partial charge in [-0.3, -0.25) is 24.5 Å². The lowest BCUT2D eigenvalue weighted by Gasteiger charge is -2.28. The first-order valence-corrected chi connectivity index (χ1v) is 11.5. The highest BCUT2D eigenvalue weighted by atomic mass is 16.3. The molecule has 4 aromatic heterocycles. The Balaban J connectivity index is 1.37. The molecule has 0 unspecified atom stereocenters. The number of imidazole rings is 1. The van der Waals surface area contributed by atoms with Gasteiger partial charge in [-0.25, -0.2) is 19.8 Å². The van der Waals surface area contributed by atoms with Crippen LogP contribution in [-0.4, -0.2) is 54.1 Å². The van der Waals surface area contributed by atoms with Gasteiger partial charge in [0.25, 0.3) is 0 Å². The van der Waals surface area contributed by atoms with Crippen molar-refractivity contribution < 1.29 is 4.42 Å². The minimum absolute atomic E-state index is 0.101. The third kappa shape index (κ3) is 3.19. The molecule has 0 amide bonds. The minimum atomic E-state index is -0.101. The number of nitrogens with two attached hydrogens (primary N) is 1. The Morgan fingerprint density at radius 1 is 1.26 bits per heavy atom. The van der Waals surface area contributed by atoms with Gasteiger partial charge in [-0.1, -0.05) is 6.07 Å². The van der Waals surface area contributed by atoms with Crippen LogP contribution < -0.4 is 16.5 Å². The summed E-state index contributed by atoms with van der Waals surface area (Å²) in [6.45, 7) is 7.78. The first kappa shape index (κ1) is 20.9. The molecular weight excluding hydrogens is 434 g/mol. The van der Waals surface area contributed by atoms with Crippen molar-refractivity contribution in [3.63, 3.8) is 0 Å². The Bertz CT molecular complexity index is 1460. The van der Waals surface area contributed by atoms with E-state index in [9.17, 15) is 4.79 Å². The average Bonchev–Trinajstić information content (AvgIpc) is 3.54. The molecule has 4 aromatic rings. The lowest BCUT2D eigenvalue weighted by molar-refractivity contribution is 0.241. The highest BCUT2D eigenvalue weighted by molar-refractivity contribution is 6.14. The van der Waals surface area contributed by atoms with Crippen LogP contribution in [0.3, 0.4) is 0 Å². The predicted octanol–water partition coefficient (Wildman–Crippen LogP) is 1.16. The van der Waals surface area contributed by atoms with Gasteiger partial charge in [-0.15, -0.1) is 0 Å². The number of rotatable bonds is 5. The second-order valence-electron chi connectivity index (χ2n) is 8.79. The van der Waals surface area contributed by atoms with Gasteiger partial charge < -0.3 is 4.42 Å². The highest BCUT2D eigenvalue weighted by Crippen LogP contribution is 2.27. The number of hydrogen-bond acceptors (Lipinski definition) is 8. The summed E-state index contributed by atoms with van der Waals surface area (Å²) in [5.74, 6) is 7.98. The molecule has 0 bridgehead atoms. The zero-order chi connectivity index (χ0) is 23.4. The predicted molar refractivity (Wildman–Crippen MR) is 127 cm³/mol. The topological polar surface area (TPSA) is 115 Å². The second kappa shape index (κ2) is 7.96. The van der Waals surface area contributed by atoms with Crippen molar-refractivity contribution in [2.75, 3.05) is 24.8 Å². The third-order valence-corrected chi connectivity index (χ3v) is 6.58. The number of aliphatic imine (C=N–C) groups is 1. The Labute approximate surface area is 195 Å². The van der Waals surface area contributed by atoms with Crippen molar-refractivity contribution in [1.29, 1.82) is 0 Å². The maximum atomic E-state index is 13.4. The summed E-state index contributed by atoms with van der Waals surface area (Å²) in [6, 6.07) is 5.88. The largest absolute Gasteiger partial charge is 0.463 e. The molecule has 2 N–H and O–H groups in total. The normalized spacial score (nSPS) is 16.1. The maximum absolute atomic E-state index is 13.4. The number of anilines is 1. The number of nitrogens with zero attached hydrogens (tertiary/aromatic N) is 8. The molecule has 11 heteroatoms. The van der Waals surface area contributed by atoms with Crippen molar-refractivity contribution in [2.24, 2.45) is 10.8 Å². The van der Waals surface area contributed by atoms with Gasteiger partial charge in [0, 0.05) is 51.0 Å². The van der Waals surface area contributed by atoms with Crippen LogP contribution in [0, 0.1) is 6.92 Å². The molecule has 2 aliphatic rings. The van der Waals surface area contributed by atoms with Gasteiger partial charge in [0.05, 0.1) is 6.26 Å². The molecule has 176 valence electrons. The average molecular weight is 462 g/mol. The summed E-state index contributed by atoms with van der Waals surface area (Å²) >= 11 is 0. The second-order valence-corrected chi connectivity index (χ2v) is 8.79. The number of hydrazine groups is 1. The van der Waals surface area contributed by atoms with Crippen molar-refractivity contribution in [3.8, 4) is 0 Å². The molecule has 0 saturated heterocycles. The van der Waals surface area contributed by atoms with E-state index in [-0.39, 0.29) is 12.4 Å². The molecule has 0 aliphatic carbocycles. The Morgan fingerprint density at radius 2 is 2.15 bits per heavy atom. The maximum Gasteiger partial charge on any atom is 0.346 e. The Hall–Kier alpha value is -3.70. The van der Waals surface area contributed by atoms with E-state index in [2.05, 4.69) is 27.9 Å². The molecule has 0 saturated carbocycles. The number of aromatic nitrogens is 5. The number of fused-ring (bicyclic) bond motifs is 4. The van der Waals surface area contributed by atoms with Gasteiger partial charge in [-0.05, 0) is 37.1 Å². The summed E-state index contributed by atoms with van der Waals surface area (Å²) in [5, 5.41) is 1.50. The van der Waals surface area contributed by atoms with E-state index < -0.39 is 0 Å². The van der Waals surface area contributed by atoms with Crippen LogP contribution in [0.5, 0.6) is 0 Å². The molecule has 6 rings (SSSR count). The van der Waals surface area contributed by atoms with Crippen LogP contribution >= 0.6 is 0 Å². The quantitative estimate of drug-likeness (QED) is 0.444. The molecule has 2 aliphatic heterocycles. The molecule has 0 radical (unpaired) electrons. The fraction of sp³-hybridized carbons (Fsp3) is 0.391. The molecule has 11 nitrogen and oxygen atoms in total. The van der Waals surface area contributed by atoms with E-state index in [4.69, 9.17) is 15.2 Å². The summed E-state index contributed by atoms with van der Waals surface area (Å²) in [6.07, 6.45) is 4.45. The lowest BCUT2D eigenvalue weighted by atomic mass is 10.0. The smallest absolute Gasteiger partial charge is 0.346 e. The van der Waals surface area contributed by atoms with E-state index in [0.717, 1.165) is 26.1 Å². The number of aryl methyl sites for hydroxylation is 2. The van der Waals surface area contributed by atoms with E-state index in [0.29, 0.717) is 41.9 Å². The van der Waals surface area contributed by atoms with Crippen molar-refractivity contribution in [3.05, 3.63) is 69.4 Å². The van der Waals surface area contributed by atoms with E-state index in [1.165, 1.54) is 21.8 Å². The van der Waals surface area contributed by atoms with Crippen LogP contribution in [-0.2, 0) is 26.1 Å². The molecule has 0 fully saturated rings. The van der Waals surface area contributed by atoms with E-state index >= 15 is 0 Å². The molecule has 6 heterocycles. The van der Waals surface area contributed by atoms with E-state index in [1.807, 2.05) is 29.8 Å². The van der Waals surface area contributed by atoms with Crippen LogP contribution in [0.15, 0.2) is 44.9 Å². The lowest BCUT2D eigenvalue weighted by Crippen LogP contribution is -2.38. The van der Waals surface area contributed by atoms with Crippen molar-refractivity contribution >= 4 is 17.3 Å². The standard InChI is InChI=1S/C23H27N9O2/c1-3-31-23(33)29(9-8-28-7-6-17-16(13-28)11-15(2)12-25-17)22-27-21-20(32(22)31)19(26-14-30(21)24)18-5-4-10-34-18/h4-5,10-12H,3,6-9,13-14,24H2,1-2H3. The van der Waals surface area contributed by atoms with Crippen molar-refractivity contribution in [1.82, 2.24) is 28.6 Å². The zero-order valence-electron chi connectivity index (χ0n) is 19.3. The SMILES string of the molecule is CCn1c(=O)n(CCN2CCc3ncc(C)cc3C2)c2nc3c(n21)C(c1ccco1)=NCN3N. The van der Waals surface area contributed by atoms with Gasteiger partial charge in [0.15, 0.2) is 11.6 Å². The van der Waals surface area contributed by atoms with Crippen molar-refractivity contribution in [2.45, 2.75) is 39.9 Å². The minimum Gasteiger partial charge on any atom is -0.463 e. The number of hydrogen-bond donors (Lipinski definition) is 1. The summed E-state index contributed by atoms with van der Waals surface area (Å²) in [4.78, 5) is 29.7. The van der Waals surface area contributed by atoms with Crippen LogP contribution in [0.25, 0.3) is 5.78 Å². The van der Waals surface area contributed by atoms with Gasteiger partial charge in [-0.2, -0.15) is 4.98 Å². The Morgan fingerprint density at radius 3 is 2.94 bits per heavy atom. The number of furan rings is 1. The summed E-state index contributed by atoms with van der Waals surface area (Å²) in [7, 11) is 0. The summed E-state index contributed by atoms with van der Waals surface area (Å²) < 4.78 is 10.9. The molecular formula is C23H27N9O2. The fourth-order valence-electron chi connectivity index (χ4n) is 4.92. The highest BCUT2D eigenvalue weighted by Gasteiger charge is 2.31. The van der Waals surface area contributed by atoms with Crippen LogP contribution in [0.4, 0.5) is 5.82 Å². The first-order chi connectivity index (χ1) is 16.5. The monoisotopic (exact) mass is 461 g/mol. The molecule has 0 aromatic carbocycles. The van der Waals surface area contributed by atoms with Crippen LogP contribution in [0.2, 0.25) is 0 Å². The zero-order valence-corrected chi connectivity index (χ0v) is 19.3. The molecule has 34 heavy (non-hydrogen) atoms. The number of pyridine rings is 1. The third-order valence-electron chi connectivity index (χ3n) is 6.58. The summed E-state index contributed by atoms with van der Waals surface area (Å²) in [5.41, 5.74) is 4.82.